The first kappa shape index (κ1) is 16.9. The van der Waals surface area contributed by atoms with Gasteiger partial charge in [0.05, 0.1) is 15.9 Å². The molecule has 1 heterocycles. The zero-order chi connectivity index (χ0) is 17.8. The van der Waals surface area contributed by atoms with E-state index in [4.69, 9.17) is 9.84 Å². The maximum atomic E-state index is 10.5. The van der Waals surface area contributed by atoms with E-state index in [9.17, 15) is 4.79 Å². The Morgan fingerprint density at radius 2 is 2.04 bits per heavy atom. The van der Waals surface area contributed by atoms with Crippen LogP contribution in [0.5, 0.6) is 5.75 Å². The molecule has 0 aliphatic heterocycles. The topological polar surface area (TPSA) is 83.8 Å². The van der Waals surface area contributed by atoms with Gasteiger partial charge in [-0.05, 0) is 61.4 Å². The summed E-state index contributed by atoms with van der Waals surface area (Å²) >= 11 is 1.56. The number of hydrogen-bond donors (Lipinski definition) is 2. The molecule has 0 unspecified atom stereocenters. The van der Waals surface area contributed by atoms with Crippen LogP contribution >= 0.6 is 11.3 Å². The van der Waals surface area contributed by atoms with Gasteiger partial charge in [-0.3, -0.25) is 5.43 Å². The summed E-state index contributed by atoms with van der Waals surface area (Å²) in [5, 5.41) is 13.7. The van der Waals surface area contributed by atoms with E-state index in [1.807, 2.05) is 31.2 Å². The van der Waals surface area contributed by atoms with Crippen molar-refractivity contribution in [3.63, 3.8) is 0 Å². The molecule has 128 valence electrons. The summed E-state index contributed by atoms with van der Waals surface area (Å²) in [6.07, 6.45) is 0. The fourth-order valence-corrected chi connectivity index (χ4v) is 3.12. The molecule has 7 heteroatoms. The van der Waals surface area contributed by atoms with Crippen molar-refractivity contribution in [2.75, 3.05) is 12.0 Å². The van der Waals surface area contributed by atoms with Crippen molar-refractivity contribution in [2.45, 2.75) is 13.8 Å². The Morgan fingerprint density at radius 1 is 1.28 bits per heavy atom. The van der Waals surface area contributed by atoms with Crippen molar-refractivity contribution in [1.82, 2.24) is 4.98 Å². The number of carbonyl (C=O) groups is 1. The van der Waals surface area contributed by atoms with E-state index in [0.29, 0.717) is 5.75 Å². The molecule has 0 bridgehead atoms. The summed E-state index contributed by atoms with van der Waals surface area (Å²) in [5.41, 5.74) is 6.85. The number of aromatic nitrogens is 1. The van der Waals surface area contributed by atoms with E-state index in [-0.39, 0.29) is 6.61 Å². The zero-order valence-electron chi connectivity index (χ0n) is 13.8. The predicted molar refractivity (Wildman–Crippen MR) is 99.8 cm³/mol. The van der Waals surface area contributed by atoms with E-state index in [2.05, 4.69) is 28.5 Å². The van der Waals surface area contributed by atoms with Gasteiger partial charge in [0.25, 0.3) is 0 Å². The highest BCUT2D eigenvalue weighted by Gasteiger charge is 2.04. The standard InChI is InChI=1S/C18H17N3O3S/c1-11-3-8-15-16(9-11)25-18(19-15)21-20-12(2)13-4-6-14(7-5-13)24-10-17(22)23/h3-9H,10H2,1-2H3,(H,19,21)(H,22,23). The van der Waals surface area contributed by atoms with E-state index >= 15 is 0 Å². The third-order valence-corrected chi connectivity index (χ3v) is 4.42. The summed E-state index contributed by atoms with van der Waals surface area (Å²) < 4.78 is 6.23. The molecule has 0 spiro atoms. The quantitative estimate of drug-likeness (QED) is 0.517. The number of ether oxygens (including phenoxy) is 1. The molecular weight excluding hydrogens is 338 g/mol. The molecule has 0 aliphatic carbocycles. The maximum absolute atomic E-state index is 10.5. The molecule has 3 aromatic rings. The molecule has 25 heavy (non-hydrogen) atoms. The highest BCUT2D eigenvalue weighted by atomic mass is 32.1. The van der Waals surface area contributed by atoms with Crippen LogP contribution in [0, 0.1) is 6.92 Å². The third kappa shape index (κ3) is 4.33. The van der Waals surface area contributed by atoms with E-state index in [1.165, 1.54) is 5.56 Å². The van der Waals surface area contributed by atoms with Gasteiger partial charge in [0, 0.05) is 0 Å². The number of carboxylic acids is 1. The van der Waals surface area contributed by atoms with Crippen molar-refractivity contribution in [1.29, 1.82) is 0 Å². The van der Waals surface area contributed by atoms with Crippen LogP contribution in [0.2, 0.25) is 0 Å². The Kier molecular flexibility index (Phi) is 4.95. The lowest BCUT2D eigenvalue weighted by Gasteiger charge is -2.05. The smallest absolute Gasteiger partial charge is 0.341 e. The lowest BCUT2D eigenvalue weighted by molar-refractivity contribution is -0.139. The van der Waals surface area contributed by atoms with Crippen molar-refractivity contribution in [3.05, 3.63) is 53.6 Å². The molecule has 0 atom stereocenters. The first-order valence-corrected chi connectivity index (χ1v) is 8.45. The van der Waals surface area contributed by atoms with Crippen LogP contribution in [0.4, 0.5) is 5.13 Å². The lowest BCUT2D eigenvalue weighted by Crippen LogP contribution is -2.09. The van der Waals surface area contributed by atoms with E-state index in [0.717, 1.165) is 26.6 Å². The Bertz CT molecular complexity index is 932. The van der Waals surface area contributed by atoms with Gasteiger partial charge in [0.2, 0.25) is 5.13 Å². The van der Waals surface area contributed by atoms with Gasteiger partial charge >= 0.3 is 5.97 Å². The summed E-state index contributed by atoms with van der Waals surface area (Å²) in [7, 11) is 0. The number of nitrogens with one attached hydrogen (secondary N) is 1. The minimum Gasteiger partial charge on any atom is -0.482 e. The molecule has 0 radical (unpaired) electrons. The maximum Gasteiger partial charge on any atom is 0.341 e. The van der Waals surface area contributed by atoms with Crippen molar-refractivity contribution in [2.24, 2.45) is 5.10 Å². The van der Waals surface area contributed by atoms with Gasteiger partial charge in [-0.1, -0.05) is 17.4 Å². The number of aryl methyl sites for hydroxylation is 1. The molecule has 2 aromatic carbocycles. The Hall–Kier alpha value is -2.93. The number of rotatable bonds is 6. The second-order valence-electron chi connectivity index (χ2n) is 5.51. The largest absolute Gasteiger partial charge is 0.482 e. The average Bonchev–Trinajstić information content (AvgIpc) is 3.00. The molecule has 0 aliphatic rings. The van der Waals surface area contributed by atoms with Crippen LogP contribution in [0.3, 0.4) is 0 Å². The molecule has 0 saturated carbocycles. The zero-order valence-corrected chi connectivity index (χ0v) is 14.6. The summed E-state index contributed by atoms with van der Waals surface area (Å²) in [4.78, 5) is 15.0. The number of thiazole rings is 1. The predicted octanol–water partition coefficient (Wildman–Crippen LogP) is 3.90. The SMILES string of the molecule is CC(=NNc1nc2ccc(C)cc2s1)c1ccc(OCC(=O)O)cc1. The molecule has 0 fully saturated rings. The van der Waals surface area contributed by atoms with Crippen LogP contribution < -0.4 is 10.2 Å². The second-order valence-corrected chi connectivity index (χ2v) is 6.54. The fourth-order valence-electron chi connectivity index (χ4n) is 2.21. The highest BCUT2D eigenvalue weighted by molar-refractivity contribution is 7.22. The highest BCUT2D eigenvalue weighted by Crippen LogP contribution is 2.26. The first-order valence-electron chi connectivity index (χ1n) is 7.64. The molecule has 6 nitrogen and oxygen atoms in total. The normalized spacial score (nSPS) is 11.5. The van der Waals surface area contributed by atoms with Gasteiger partial charge < -0.3 is 9.84 Å². The minimum atomic E-state index is -1.00. The summed E-state index contributed by atoms with van der Waals surface area (Å²) in [5.74, 6) is -0.495. The Balaban J connectivity index is 1.68. The number of nitrogens with zero attached hydrogens (tertiary/aromatic N) is 2. The molecule has 2 N–H and O–H groups in total. The van der Waals surface area contributed by atoms with Crippen molar-refractivity contribution < 1.29 is 14.6 Å². The Morgan fingerprint density at radius 3 is 2.76 bits per heavy atom. The summed E-state index contributed by atoms with van der Waals surface area (Å²) in [6.45, 7) is 3.58. The lowest BCUT2D eigenvalue weighted by atomic mass is 10.1. The number of aliphatic carboxylic acids is 1. The monoisotopic (exact) mass is 355 g/mol. The molecule has 1 aromatic heterocycles. The summed E-state index contributed by atoms with van der Waals surface area (Å²) in [6, 6.07) is 13.2. The van der Waals surface area contributed by atoms with Crippen LogP contribution in [-0.2, 0) is 4.79 Å². The van der Waals surface area contributed by atoms with Gasteiger partial charge in [0.15, 0.2) is 6.61 Å². The van der Waals surface area contributed by atoms with Crippen molar-refractivity contribution in [3.8, 4) is 5.75 Å². The molecular formula is C18H17N3O3S. The average molecular weight is 355 g/mol. The number of benzene rings is 2. The number of hydrogen-bond acceptors (Lipinski definition) is 6. The van der Waals surface area contributed by atoms with Gasteiger partial charge in [0.1, 0.15) is 5.75 Å². The third-order valence-electron chi connectivity index (χ3n) is 3.50. The number of hydrazone groups is 1. The van der Waals surface area contributed by atoms with Gasteiger partial charge in [-0.2, -0.15) is 5.10 Å². The van der Waals surface area contributed by atoms with Gasteiger partial charge in [-0.25, -0.2) is 9.78 Å². The van der Waals surface area contributed by atoms with Crippen LogP contribution in [0.25, 0.3) is 10.2 Å². The van der Waals surface area contributed by atoms with Crippen molar-refractivity contribution >= 4 is 38.4 Å². The van der Waals surface area contributed by atoms with Crippen LogP contribution in [0.15, 0.2) is 47.6 Å². The second kappa shape index (κ2) is 7.31. The fraction of sp³-hybridized carbons (Fsp3) is 0.167. The number of fused-ring (bicyclic) bond motifs is 1. The molecule has 0 amide bonds. The van der Waals surface area contributed by atoms with Crippen LogP contribution in [0.1, 0.15) is 18.1 Å². The first-order chi connectivity index (χ1) is 12.0. The minimum absolute atomic E-state index is 0.356. The van der Waals surface area contributed by atoms with Crippen LogP contribution in [-0.4, -0.2) is 28.4 Å². The van der Waals surface area contributed by atoms with Gasteiger partial charge in [-0.15, -0.1) is 0 Å². The molecule has 0 saturated heterocycles. The Labute approximate surface area is 148 Å². The number of carboxylic acid groups (broad SMARTS) is 1. The molecule has 3 rings (SSSR count). The van der Waals surface area contributed by atoms with E-state index < -0.39 is 5.97 Å². The number of anilines is 1. The van der Waals surface area contributed by atoms with E-state index in [1.54, 1.807) is 23.5 Å².